The second-order valence-corrected chi connectivity index (χ2v) is 7.64. The molecule has 0 bridgehead atoms. The van der Waals surface area contributed by atoms with Crippen molar-refractivity contribution in [3.05, 3.63) is 23.9 Å². The van der Waals surface area contributed by atoms with E-state index in [1.54, 1.807) is 6.20 Å². The van der Waals surface area contributed by atoms with E-state index in [-0.39, 0.29) is 24.4 Å². The number of pyridine rings is 1. The third-order valence-corrected chi connectivity index (χ3v) is 5.54. The van der Waals surface area contributed by atoms with Crippen molar-refractivity contribution in [2.45, 2.75) is 57.9 Å². The quantitative estimate of drug-likeness (QED) is 0.454. The van der Waals surface area contributed by atoms with Gasteiger partial charge in [0.1, 0.15) is 5.82 Å². The molecule has 0 spiro atoms. The highest BCUT2D eigenvalue weighted by Crippen LogP contribution is 2.23. The second-order valence-electron chi connectivity index (χ2n) is 7.64. The lowest BCUT2D eigenvalue weighted by atomic mass is 9.86. The molecule has 1 saturated carbocycles. The maximum atomic E-state index is 12.0. The van der Waals surface area contributed by atoms with Crippen LogP contribution in [-0.2, 0) is 9.63 Å². The van der Waals surface area contributed by atoms with Gasteiger partial charge >= 0.3 is 0 Å². The van der Waals surface area contributed by atoms with Gasteiger partial charge in [-0.3, -0.25) is 4.79 Å². The minimum absolute atomic E-state index is 0.122. The smallest absolute Gasteiger partial charge is 0.261 e. The highest BCUT2D eigenvalue weighted by atomic mass is 16.6. The number of nitrogens with two attached hydrogens (primary N) is 1. The fraction of sp³-hybridized carbons (Fsp3) is 0.650. The number of aromatic nitrogens is 1. The van der Waals surface area contributed by atoms with Gasteiger partial charge in [0.2, 0.25) is 0 Å². The molecule has 3 rings (SSSR count). The van der Waals surface area contributed by atoms with Gasteiger partial charge in [0.05, 0.1) is 0 Å². The predicted octanol–water partition coefficient (Wildman–Crippen LogP) is 2.40. The molecule has 1 amide bonds. The molecule has 0 aromatic carbocycles. The van der Waals surface area contributed by atoms with Crippen molar-refractivity contribution in [1.29, 1.82) is 0 Å². The van der Waals surface area contributed by atoms with Crippen LogP contribution in [0.1, 0.15) is 57.4 Å². The molecule has 2 heterocycles. The Balaban J connectivity index is 1.46. The summed E-state index contributed by atoms with van der Waals surface area (Å²) in [5, 5.41) is 6.90. The van der Waals surface area contributed by atoms with Gasteiger partial charge in [0.25, 0.3) is 5.91 Å². The second kappa shape index (κ2) is 9.58. The maximum Gasteiger partial charge on any atom is 0.261 e. The molecule has 7 nitrogen and oxygen atoms in total. The molecule has 3 N–H and O–H groups in total. The van der Waals surface area contributed by atoms with Crippen molar-refractivity contribution >= 4 is 17.6 Å². The molecular formula is C20H31N5O2. The maximum absolute atomic E-state index is 12.0. The number of carbonyl (C=O) groups excluding carboxylic acids is 1. The number of hydrogen-bond donors (Lipinski definition) is 2. The zero-order chi connectivity index (χ0) is 19.1. The molecule has 148 valence electrons. The summed E-state index contributed by atoms with van der Waals surface area (Å²) in [7, 11) is 0. The fourth-order valence-corrected chi connectivity index (χ4v) is 3.84. The van der Waals surface area contributed by atoms with Gasteiger partial charge in [-0.1, -0.05) is 24.9 Å². The van der Waals surface area contributed by atoms with Crippen LogP contribution < -0.4 is 16.0 Å². The Labute approximate surface area is 161 Å². The molecule has 2 unspecified atom stereocenters. The average molecular weight is 374 g/mol. The number of nitrogens with one attached hydrogen (secondary N) is 1. The van der Waals surface area contributed by atoms with Crippen LogP contribution in [-0.4, -0.2) is 42.5 Å². The van der Waals surface area contributed by atoms with E-state index in [2.05, 4.69) is 27.3 Å². The van der Waals surface area contributed by atoms with Crippen LogP contribution in [0.5, 0.6) is 0 Å². The zero-order valence-electron chi connectivity index (χ0n) is 16.2. The molecule has 27 heavy (non-hydrogen) atoms. The van der Waals surface area contributed by atoms with Crippen LogP contribution in [0.4, 0.5) is 5.82 Å². The SMILES string of the molecule is CC1CCCCC1NC(=O)CON=C(N)c1ccc(N2CCCCC2)nc1. The van der Waals surface area contributed by atoms with E-state index in [1.807, 2.05) is 12.1 Å². The lowest BCUT2D eigenvalue weighted by Crippen LogP contribution is -2.42. The first-order chi connectivity index (χ1) is 13.1. The molecular weight excluding hydrogens is 342 g/mol. The molecule has 2 atom stereocenters. The van der Waals surface area contributed by atoms with Crippen LogP contribution in [0.2, 0.25) is 0 Å². The van der Waals surface area contributed by atoms with Crippen molar-refractivity contribution in [2.75, 3.05) is 24.6 Å². The van der Waals surface area contributed by atoms with E-state index in [1.165, 1.54) is 32.1 Å². The summed E-state index contributed by atoms with van der Waals surface area (Å²) >= 11 is 0. The Bertz CT molecular complexity index is 640. The largest absolute Gasteiger partial charge is 0.384 e. The molecule has 0 radical (unpaired) electrons. The lowest BCUT2D eigenvalue weighted by molar-refractivity contribution is -0.126. The van der Waals surface area contributed by atoms with E-state index in [9.17, 15) is 4.79 Å². The molecule has 1 saturated heterocycles. The van der Waals surface area contributed by atoms with E-state index in [0.717, 1.165) is 31.7 Å². The summed E-state index contributed by atoms with van der Waals surface area (Å²) in [6.45, 7) is 4.16. The summed E-state index contributed by atoms with van der Waals surface area (Å²) in [6.07, 6.45) is 10.0. The van der Waals surface area contributed by atoms with Crippen LogP contribution in [0.3, 0.4) is 0 Å². The summed E-state index contributed by atoms with van der Waals surface area (Å²) in [5.74, 6) is 1.56. The summed E-state index contributed by atoms with van der Waals surface area (Å²) in [4.78, 5) is 23.9. The van der Waals surface area contributed by atoms with Crippen LogP contribution >= 0.6 is 0 Å². The van der Waals surface area contributed by atoms with Crippen LogP contribution in [0.25, 0.3) is 0 Å². The van der Waals surface area contributed by atoms with Crippen LogP contribution in [0, 0.1) is 5.92 Å². The molecule has 2 aliphatic rings. The molecule has 2 fully saturated rings. The standard InChI is InChI=1S/C20H31N5O2/c1-15-7-3-4-8-17(15)23-19(26)14-27-24-20(21)16-9-10-18(22-13-16)25-11-5-2-6-12-25/h9-10,13,15,17H,2-8,11-12,14H2,1H3,(H2,21,24)(H,23,26). The number of oxime groups is 1. The van der Waals surface area contributed by atoms with E-state index < -0.39 is 0 Å². The zero-order valence-corrected chi connectivity index (χ0v) is 16.2. The highest BCUT2D eigenvalue weighted by molar-refractivity contribution is 5.97. The fourth-order valence-electron chi connectivity index (χ4n) is 3.84. The van der Waals surface area contributed by atoms with Crippen molar-refractivity contribution in [3.63, 3.8) is 0 Å². The summed E-state index contributed by atoms with van der Waals surface area (Å²) in [6, 6.07) is 4.09. The third kappa shape index (κ3) is 5.58. The first-order valence-electron chi connectivity index (χ1n) is 10.1. The Morgan fingerprint density at radius 3 is 2.74 bits per heavy atom. The first-order valence-corrected chi connectivity index (χ1v) is 10.1. The van der Waals surface area contributed by atoms with Crippen molar-refractivity contribution in [1.82, 2.24) is 10.3 Å². The van der Waals surface area contributed by atoms with Crippen molar-refractivity contribution < 1.29 is 9.63 Å². The molecule has 1 aliphatic heterocycles. The monoisotopic (exact) mass is 373 g/mol. The van der Waals surface area contributed by atoms with Gasteiger partial charge in [-0.05, 0) is 50.2 Å². The topological polar surface area (TPSA) is 92.8 Å². The van der Waals surface area contributed by atoms with Gasteiger partial charge in [-0.25, -0.2) is 4.98 Å². The third-order valence-electron chi connectivity index (χ3n) is 5.54. The predicted molar refractivity (Wildman–Crippen MR) is 107 cm³/mol. The minimum atomic E-state index is -0.149. The number of rotatable bonds is 6. The number of piperidine rings is 1. The normalized spacial score (nSPS) is 23.7. The van der Waals surface area contributed by atoms with Gasteiger partial charge in [0, 0.05) is 30.9 Å². The Morgan fingerprint density at radius 2 is 2.04 bits per heavy atom. The average Bonchev–Trinajstić information content (AvgIpc) is 2.70. The molecule has 1 aromatic heterocycles. The molecule has 1 aromatic rings. The summed E-state index contributed by atoms with van der Waals surface area (Å²) < 4.78 is 0. The Kier molecular flexibility index (Phi) is 6.90. The number of nitrogens with zero attached hydrogens (tertiary/aromatic N) is 3. The van der Waals surface area contributed by atoms with Gasteiger partial charge in [-0.2, -0.15) is 0 Å². The van der Waals surface area contributed by atoms with E-state index in [0.29, 0.717) is 11.5 Å². The highest BCUT2D eigenvalue weighted by Gasteiger charge is 2.22. The van der Waals surface area contributed by atoms with Crippen molar-refractivity contribution in [2.24, 2.45) is 16.8 Å². The Morgan fingerprint density at radius 1 is 1.26 bits per heavy atom. The van der Waals surface area contributed by atoms with Crippen LogP contribution in [0.15, 0.2) is 23.5 Å². The Hall–Kier alpha value is -2.31. The molecule has 7 heteroatoms. The number of anilines is 1. The minimum Gasteiger partial charge on any atom is -0.384 e. The summed E-state index contributed by atoms with van der Waals surface area (Å²) in [5.41, 5.74) is 6.65. The lowest BCUT2D eigenvalue weighted by Gasteiger charge is -2.29. The number of carbonyl (C=O) groups is 1. The van der Waals surface area contributed by atoms with E-state index in [4.69, 9.17) is 10.6 Å². The van der Waals surface area contributed by atoms with Gasteiger partial charge in [-0.15, -0.1) is 0 Å². The number of amides is 1. The van der Waals surface area contributed by atoms with Crippen molar-refractivity contribution in [3.8, 4) is 0 Å². The number of hydrogen-bond acceptors (Lipinski definition) is 5. The number of amidine groups is 1. The van der Waals surface area contributed by atoms with E-state index >= 15 is 0 Å². The van der Waals surface area contributed by atoms with Gasteiger partial charge in [0.15, 0.2) is 12.4 Å². The first kappa shape index (κ1) is 19.5. The van der Waals surface area contributed by atoms with Gasteiger partial charge < -0.3 is 20.8 Å². The molecule has 1 aliphatic carbocycles.